The van der Waals surface area contributed by atoms with Crippen LogP contribution < -0.4 is 15.5 Å². The van der Waals surface area contributed by atoms with Gasteiger partial charge in [0.2, 0.25) is 0 Å². The van der Waals surface area contributed by atoms with Crippen molar-refractivity contribution >= 4 is 11.8 Å². The van der Waals surface area contributed by atoms with E-state index < -0.39 is 17.8 Å². The number of halogens is 3. The van der Waals surface area contributed by atoms with Crippen LogP contribution in [0.4, 0.5) is 23.8 Å². The van der Waals surface area contributed by atoms with Crippen LogP contribution in [0, 0.1) is 11.8 Å². The van der Waals surface area contributed by atoms with Crippen molar-refractivity contribution in [1.82, 2.24) is 15.6 Å². The Balaban J connectivity index is 1.43. The van der Waals surface area contributed by atoms with Gasteiger partial charge in [-0.25, -0.2) is 9.78 Å². The number of nitrogens with one attached hydrogen (secondary N) is 2. The predicted octanol–water partition coefficient (Wildman–Crippen LogP) is 3.56. The second kappa shape index (κ2) is 10.4. The molecule has 1 aromatic heterocycles. The molecule has 0 saturated carbocycles. The molecule has 1 fully saturated rings. The largest absolute Gasteiger partial charge is 0.416 e. The number of hydrogen-bond donors (Lipinski definition) is 2. The summed E-state index contributed by atoms with van der Waals surface area (Å²) in [6, 6.07) is 8.13. The van der Waals surface area contributed by atoms with E-state index in [0.29, 0.717) is 0 Å². The number of amides is 2. The van der Waals surface area contributed by atoms with Gasteiger partial charge >= 0.3 is 12.2 Å². The lowest BCUT2D eigenvalue weighted by Crippen LogP contribution is -2.45. The Morgan fingerprint density at radius 2 is 1.94 bits per heavy atom. The molecular formula is C23H25F3N4O2. The topological polar surface area (TPSA) is 66.5 Å². The summed E-state index contributed by atoms with van der Waals surface area (Å²) < 4.78 is 43.9. The molecule has 1 saturated heterocycles. The van der Waals surface area contributed by atoms with Crippen LogP contribution in [0.3, 0.4) is 0 Å². The summed E-state index contributed by atoms with van der Waals surface area (Å²) in [5, 5.41) is 5.25. The van der Waals surface area contributed by atoms with Crippen molar-refractivity contribution < 1.29 is 22.7 Å². The molecule has 170 valence electrons. The first-order valence-corrected chi connectivity index (χ1v) is 10.2. The summed E-state index contributed by atoms with van der Waals surface area (Å²) in [7, 11) is 0. The maximum absolute atomic E-state index is 12.7. The Hall–Kier alpha value is -3.25. The van der Waals surface area contributed by atoms with Gasteiger partial charge in [0.15, 0.2) is 0 Å². The van der Waals surface area contributed by atoms with Gasteiger partial charge in [-0.1, -0.05) is 24.0 Å². The van der Waals surface area contributed by atoms with E-state index in [1.807, 2.05) is 26.0 Å². The van der Waals surface area contributed by atoms with Crippen molar-refractivity contribution in [1.29, 1.82) is 0 Å². The van der Waals surface area contributed by atoms with Crippen molar-refractivity contribution in [3.05, 3.63) is 59.3 Å². The van der Waals surface area contributed by atoms with Gasteiger partial charge in [-0.3, -0.25) is 0 Å². The zero-order valence-corrected chi connectivity index (χ0v) is 17.9. The van der Waals surface area contributed by atoms with Gasteiger partial charge in [0.05, 0.1) is 24.3 Å². The van der Waals surface area contributed by atoms with E-state index in [4.69, 9.17) is 4.74 Å². The third-order valence-corrected chi connectivity index (χ3v) is 4.77. The number of rotatable bonds is 4. The third-order valence-electron chi connectivity index (χ3n) is 4.77. The highest BCUT2D eigenvalue weighted by Crippen LogP contribution is 2.29. The van der Waals surface area contributed by atoms with Crippen LogP contribution in [0.25, 0.3) is 0 Å². The molecule has 1 aliphatic heterocycles. The summed E-state index contributed by atoms with van der Waals surface area (Å²) in [6.45, 7) is 5.91. The highest BCUT2D eigenvalue weighted by Gasteiger charge is 2.30. The molecule has 0 radical (unpaired) electrons. The molecule has 9 heteroatoms. The van der Waals surface area contributed by atoms with Gasteiger partial charge in [0, 0.05) is 31.4 Å². The molecule has 2 amide bonds. The van der Waals surface area contributed by atoms with Crippen LogP contribution in [-0.2, 0) is 17.5 Å². The van der Waals surface area contributed by atoms with Gasteiger partial charge in [-0.2, -0.15) is 13.2 Å². The summed E-state index contributed by atoms with van der Waals surface area (Å²) in [5.74, 6) is 6.12. The number of carbonyl (C=O) groups is 1. The van der Waals surface area contributed by atoms with Crippen LogP contribution in [0.5, 0.6) is 0 Å². The number of hydrogen-bond acceptors (Lipinski definition) is 4. The minimum Gasteiger partial charge on any atom is -0.372 e. The molecule has 0 spiro atoms. The summed E-state index contributed by atoms with van der Waals surface area (Å²) in [5.41, 5.74) is 0.317. The quantitative estimate of drug-likeness (QED) is 0.705. The number of nitrogens with zero attached hydrogens (tertiary/aromatic N) is 2. The van der Waals surface area contributed by atoms with Gasteiger partial charge in [0.1, 0.15) is 5.82 Å². The van der Waals surface area contributed by atoms with Crippen LogP contribution in [-0.4, -0.2) is 42.9 Å². The zero-order chi connectivity index (χ0) is 23.1. The van der Waals surface area contributed by atoms with Crippen LogP contribution >= 0.6 is 0 Å². The van der Waals surface area contributed by atoms with E-state index >= 15 is 0 Å². The van der Waals surface area contributed by atoms with Crippen molar-refractivity contribution in [2.45, 2.75) is 38.8 Å². The molecule has 6 nitrogen and oxygen atoms in total. The molecule has 0 aliphatic carbocycles. The van der Waals surface area contributed by atoms with E-state index in [1.54, 1.807) is 6.20 Å². The molecule has 0 bridgehead atoms. The molecule has 2 heterocycles. The SMILES string of the molecule is CC1CN(c2ccc(CNC(=O)NCC#Cc3cccc(C(F)(F)F)c3)cn2)CC(C)O1. The Morgan fingerprint density at radius 1 is 1.19 bits per heavy atom. The smallest absolute Gasteiger partial charge is 0.372 e. The zero-order valence-electron chi connectivity index (χ0n) is 17.9. The minimum atomic E-state index is -4.41. The third kappa shape index (κ3) is 6.89. The molecule has 2 unspecified atom stereocenters. The minimum absolute atomic E-state index is 0.00661. The fourth-order valence-corrected chi connectivity index (χ4v) is 3.36. The number of alkyl halides is 3. The number of ether oxygens (including phenoxy) is 1. The van der Waals surface area contributed by atoms with Gasteiger partial charge in [-0.15, -0.1) is 0 Å². The summed E-state index contributed by atoms with van der Waals surface area (Å²) in [6.07, 6.45) is -2.42. The number of benzene rings is 1. The second-order valence-corrected chi connectivity index (χ2v) is 7.60. The highest BCUT2D eigenvalue weighted by atomic mass is 19.4. The number of pyridine rings is 1. The highest BCUT2D eigenvalue weighted by molar-refractivity contribution is 5.74. The second-order valence-electron chi connectivity index (χ2n) is 7.60. The summed E-state index contributed by atoms with van der Waals surface area (Å²) in [4.78, 5) is 18.6. The molecule has 2 atom stereocenters. The maximum atomic E-state index is 12.7. The van der Waals surface area contributed by atoms with Gasteiger partial charge in [0.25, 0.3) is 0 Å². The number of urea groups is 1. The first kappa shape index (κ1) is 23.4. The van der Waals surface area contributed by atoms with Crippen molar-refractivity contribution in [3.63, 3.8) is 0 Å². The normalized spacial score (nSPS) is 18.5. The van der Waals surface area contributed by atoms with Crippen LogP contribution in [0.2, 0.25) is 0 Å². The Bertz CT molecular complexity index is 973. The van der Waals surface area contributed by atoms with E-state index in [0.717, 1.165) is 36.6 Å². The number of aromatic nitrogens is 1. The maximum Gasteiger partial charge on any atom is 0.416 e. The van der Waals surface area contributed by atoms with Gasteiger partial charge in [-0.05, 0) is 43.7 Å². The number of anilines is 1. The van der Waals surface area contributed by atoms with E-state index in [1.165, 1.54) is 12.1 Å². The molecule has 2 aromatic rings. The van der Waals surface area contributed by atoms with E-state index in [9.17, 15) is 18.0 Å². The average molecular weight is 446 g/mol. The standard InChI is InChI=1S/C23H25F3N4O2/c1-16-14-30(15-17(2)32-16)21-9-8-19(12-28-21)13-29-22(31)27-10-4-6-18-5-3-7-20(11-18)23(24,25)26/h3,5,7-9,11-12,16-17H,10,13-15H2,1-2H3,(H2,27,29,31). The number of carbonyl (C=O) groups excluding carboxylic acids is 1. The van der Waals surface area contributed by atoms with Crippen molar-refractivity contribution in [2.24, 2.45) is 0 Å². The Morgan fingerprint density at radius 3 is 2.59 bits per heavy atom. The van der Waals surface area contributed by atoms with Crippen LogP contribution in [0.15, 0.2) is 42.6 Å². The first-order chi connectivity index (χ1) is 15.2. The van der Waals surface area contributed by atoms with E-state index in [2.05, 4.69) is 32.4 Å². The molecule has 1 aromatic carbocycles. The van der Waals surface area contributed by atoms with Crippen molar-refractivity contribution in [3.8, 4) is 11.8 Å². The molecule has 32 heavy (non-hydrogen) atoms. The lowest BCUT2D eigenvalue weighted by atomic mass is 10.1. The summed E-state index contributed by atoms with van der Waals surface area (Å²) >= 11 is 0. The first-order valence-electron chi connectivity index (χ1n) is 10.2. The van der Waals surface area contributed by atoms with Crippen LogP contribution in [0.1, 0.15) is 30.5 Å². The van der Waals surface area contributed by atoms with Gasteiger partial charge < -0.3 is 20.3 Å². The lowest BCUT2D eigenvalue weighted by molar-refractivity contribution is -0.137. The lowest BCUT2D eigenvalue weighted by Gasteiger charge is -2.36. The Labute approximate surface area is 185 Å². The molecule has 2 N–H and O–H groups in total. The van der Waals surface area contributed by atoms with E-state index in [-0.39, 0.29) is 30.9 Å². The molecule has 1 aliphatic rings. The monoisotopic (exact) mass is 446 g/mol. The average Bonchev–Trinajstić information content (AvgIpc) is 2.74. The number of morpholine rings is 1. The van der Waals surface area contributed by atoms with Crippen molar-refractivity contribution in [2.75, 3.05) is 24.5 Å². The molecular weight excluding hydrogens is 421 g/mol. The predicted molar refractivity (Wildman–Crippen MR) is 115 cm³/mol. The fourth-order valence-electron chi connectivity index (χ4n) is 3.36. The Kier molecular flexibility index (Phi) is 7.59. The fraction of sp³-hybridized carbons (Fsp3) is 0.391. The molecule has 3 rings (SSSR count).